The lowest BCUT2D eigenvalue weighted by atomic mass is 10.2. The van der Waals surface area contributed by atoms with Gasteiger partial charge in [0.1, 0.15) is 22.7 Å². The molecule has 0 radical (unpaired) electrons. The lowest BCUT2D eigenvalue weighted by molar-refractivity contribution is -0.123. The van der Waals surface area contributed by atoms with Gasteiger partial charge in [0.25, 0.3) is 11.8 Å². The van der Waals surface area contributed by atoms with Crippen LogP contribution in [0.3, 0.4) is 0 Å². The zero-order chi connectivity index (χ0) is 19.4. The second-order valence-electron chi connectivity index (χ2n) is 5.37. The van der Waals surface area contributed by atoms with Crippen LogP contribution in [0, 0.1) is 5.82 Å². The minimum atomic E-state index is -0.834. The molecule has 2 aromatic carbocycles. The van der Waals surface area contributed by atoms with Crippen molar-refractivity contribution in [2.75, 3.05) is 6.61 Å². The topological polar surface area (TPSA) is 97.6 Å². The van der Waals surface area contributed by atoms with Crippen LogP contribution < -0.4 is 21.2 Å². The van der Waals surface area contributed by atoms with Gasteiger partial charge in [0.05, 0.1) is 0 Å². The number of hydrogen-bond acceptors (Lipinski definition) is 5. The van der Waals surface area contributed by atoms with Crippen molar-refractivity contribution < 1.29 is 23.1 Å². The lowest BCUT2D eigenvalue weighted by Gasteiger charge is -2.08. The van der Waals surface area contributed by atoms with Crippen LogP contribution in [0.15, 0.2) is 62.2 Å². The summed E-state index contributed by atoms with van der Waals surface area (Å²) in [5.41, 5.74) is 3.47. The van der Waals surface area contributed by atoms with Crippen molar-refractivity contribution in [3.8, 4) is 5.75 Å². The summed E-state index contributed by atoms with van der Waals surface area (Å²) in [5.74, 6) is -1.64. The fraction of sp³-hybridized carbons (Fsp3) is 0.0556. The Kier molecular flexibility index (Phi) is 5.51. The van der Waals surface area contributed by atoms with Crippen LogP contribution >= 0.6 is 15.9 Å². The van der Waals surface area contributed by atoms with Crippen molar-refractivity contribution in [1.29, 1.82) is 0 Å². The van der Waals surface area contributed by atoms with Gasteiger partial charge in [-0.25, -0.2) is 9.18 Å². The highest BCUT2D eigenvalue weighted by Gasteiger charge is 2.15. The number of rotatable bonds is 4. The number of carbonyl (C=O) groups is 2. The Labute approximate surface area is 160 Å². The van der Waals surface area contributed by atoms with E-state index in [-0.39, 0.29) is 5.56 Å². The predicted molar refractivity (Wildman–Crippen MR) is 97.7 cm³/mol. The van der Waals surface area contributed by atoms with Crippen LogP contribution in [0.25, 0.3) is 11.0 Å². The van der Waals surface area contributed by atoms with Crippen LogP contribution in [0.4, 0.5) is 4.39 Å². The van der Waals surface area contributed by atoms with E-state index in [1.165, 1.54) is 30.3 Å². The molecule has 27 heavy (non-hydrogen) atoms. The van der Waals surface area contributed by atoms with E-state index in [1.807, 2.05) is 0 Å². The van der Waals surface area contributed by atoms with E-state index in [1.54, 1.807) is 18.2 Å². The predicted octanol–water partition coefficient (Wildman–Crippen LogP) is 2.53. The van der Waals surface area contributed by atoms with Crippen molar-refractivity contribution >= 4 is 38.7 Å². The van der Waals surface area contributed by atoms with Gasteiger partial charge in [-0.2, -0.15) is 0 Å². The summed E-state index contributed by atoms with van der Waals surface area (Å²) in [6, 6.07) is 11.4. The second kappa shape index (κ2) is 8.00. The molecule has 0 saturated heterocycles. The van der Waals surface area contributed by atoms with Crippen molar-refractivity contribution in [3.05, 3.63) is 74.8 Å². The Morgan fingerprint density at radius 1 is 1.07 bits per heavy atom. The Morgan fingerprint density at radius 3 is 2.56 bits per heavy atom. The van der Waals surface area contributed by atoms with E-state index >= 15 is 0 Å². The highest BCUT2D eigenvalue weighted by molar-refractivity contribution is 9.10. The summed E-state index contributed by atoms with van der Waals surface area (Å²) in [6.07, 6.45) is 0. The molecule has 0 aliphatic carbocycles. The van der Waals surface area contributed by atoms with Crippen LogP contribution in [0.5, 0.6) is 5.75 Å². The lowest BCUT2D eigenvalue weighted by Crippen LogP contribution is -2.45. The molecule has 0 bridgehead atoms. The number of fused-ring (bicyclic) bond motifs is 1. The molecule has 2 N–H and O–H groups in total. The first-order valence-electron chi connectivity index (χ1n) is 7.63. The Balaban J connectivity index is 1.60. The van der Waals surface area contributed by atoms with E-state index in [9.17, 15) is 18.8 Å². The molecule has 138 valence electrons. The Morgan fingerprint density at radius 2 is 1.81 bits per heavy atom. The number of hydrogen-bond donors (Lipinski definition) is 2. The third-order valence-corrected chi connectivity index (χ3v) is 3.93. The number of halogens is 2. The molecular formula is C18H12BrFN2O5. The van der Waals surface area contributed by atoms with Gasteiger partial charge in [-0.05, 0) is 48.5 Å². The average molecular weight is 435 g/mol. The SMILES string of the molecule is O=C(COc1ccc(F)cc1)NNC(=O)c1cc2cc(Br)ccc2oc1=O. The molecule has 9 heteroatoms. The van der Waals surface area contributed by atoms with E-state index in [0.717, 1.165) is 4.47 Å². The van der Waals surface area contributed by atoms with Gasteiger partial charge in [-0.15, -0.1) is 0 Å². The first-order valence-corrected chi connectivity index (χ1v) is 8.42. The van der Waals surface area contributed by atoms with E-state index in [2.05, 4.69) is 26.8 Å². The molecule has 7 nitrogen and oxygen atoms in total. The van der Waals surface area contributed by atoms with Crippen molar-refractivity contribution in [3.63, 3.8) is 0 Å². The molecule has 1 aromatic heterocycles. The zero-order valence-corrected chi connectivity index (χ0v) is 15.2. The normalized spacial score (nSPS) is 10.4. The molecule has 0 spiro atoms. The van der Waals surface area contributed by atoms with Crippen LogP contribution in [0.2, 0.25) is 0 Å². The molecule has 0 unspecified atom stereocenters. The van der Waals surface area contributed by atoms with Crippen molar-refractivity contribution in [1.82, 2.24) is 10.9 Å². The number of nitrogens with one attached hydrogen (secondary N) is 2. The van der Waals surface area contributed by atoms with Gasteiger partial charge in [0.2, 0.25) is 0 Å². The molecule has 3 aromatic rings. The summed E-state index contributed by atoms with van der Waals surface area (Å²) in [4.78, 5) is 35.8. The molecule has 0 saturated carbocycles. The average Bonchev–Trinajstić information content (AvgIpc) is 2.65. The Bertz CT molecular complexity index is 1070. The summed E-state index contributed by atoms with van der Waals surface area (Å²) in [5, 5.41) is 0.542. The first-order chi connectivity index (χ1) is 12.9. The highest BCUT2D eigenvalue weighted by atomic mass is 79.9. The standard InChI is InChI=1S/C18H12BrFN2O5/c19-11-1-6-15-10(7-11)8-14(18(25)27-15)17(24)22-21-16(23)9-26-13-4-2-12(20)3-5-13/h1-8H,9H2,(H,21,23)(H,22,24). The minimum Gasteiger partial charge on any atom is -0.484 e. The third kappa shape index (κ3) is 4.70. The maximum atomic E-state index is 12.8. The molecule has 0 aliphatic heterocycles. The molecule has 0 atom stereocenters. The number of amides is 2. The molecular weight excluding hydrogens is 423 g/mol. The summed E-state index contributed by atoms with van der Waals surface area (Å²) in [6.45, 7) is -0.412. The van der Waals surface area contributed by atoms with Gasteiger partial charge in [-0.3, -0.25) is 20.4 Å². The van der Waals surface area contributed by atoms with Crippen molar-refractivity contribution in [2.45, 2.75) is 0 Å². The zero-order valence-electron chi connectivity index (χ0n) is 13.6. The second-order valence-corrected chi connectivity index (χ2v) is 6.29. The quantitative estimate of drug-likeness (QED) is 0.485. The highest BCUT2D eigenvalue weighted by Crippen LogP contribution is 2.19. The largest absolute Gasteiger partial charge is 0.484 e. The fourth-order valence-electron chi connectivity index (χ4n) is 2.16. The van der Waals surface area contributed by atoms with Crippen molar-refractivity contribution in [2.24, 2.45) is 0 Å². The van der Waals surface area contributed by atoms with Gasteiger partial charge in [-0.1, -0.05) is 15.9 Å². The van der Waals surface area contributed by atoms with Crippen LogP contribution in [-0.4, -0.2) is 18.4 Å². The maximum Gasteiger partial charge on any atom is 0.349 e. The summed E-state index contributed by atoms with van der Waals surface area (Å²) < 4.78 is 23.8. The monoisotopic (exact) mass is 434 g/mol. The number of benzene rings is 2. The van der Waals surface area contributed by atoms with E-state index in [4.69, 9.17) is 9.15 Å². The van der Waals surface area contributed by atoms with E-state index in [0.29, 0.717) is 16.7 Å². The summed E-state index contributed by atoms with van der Waals surface area (Å²) in [7, 11) is 0. The molecule has 0 fully saturated rings. The van der Waals surface area contributed by atoms with E-state index < -0.39 is 29.9 Å². The minimum absolute atomic E-state index is 0.264. The van der Waals surface area contributed by atoms with Crippen LogP contribution in [-0.2, 0) is 4.79 Å². The van der Waals surface area contributed by atoms with Gasteiger partial charge in [0, 0.05) is 9.86 Å². The third-order valence-electron chi connectivity index (χ3n) is 3.44. The molecule has 2 amide bonds. The number of carbonyl (C=O) groups excluding carboxylic acids is 2. The summed E-state index contributed by atoms with van der Waals surface area (Å²) >= 11 is 3.29. The fourth-order valence-corrected chi connectivity index (χ4v) is 2.54. The number of hydrazine groups is 1. The van der Waals surface area contributed by atoms with Crippen LogP contribution in [0.1, 0.15) is 10.4 Å². The van der Waals surface area contributed by atoms with Gasteiger partial charge in [0.15, 0.2) is 6.61 Å². The van der Waals surface area contributed by atoms with Gasteiger partial charge >= 0.3 is 5.63 Å². The molecule has 3 rings (SSSR count). The molecule has 1 heterocycles. The van der Waals surface area contributed by atoms with Gasteiger partial charge < -0.3 is 9.15 Å². The molecule has 0 aliphatic rings. The Hall–Kier alpha value is -3.20. The smallest absolute Gasteiger partial charge is 0.349 e. The number of ether oxygens (including phenoxy) is 1. The first kappa shape index (κ1) is 18.6. The maximum absolute atomic E-state index is 12.8.